The standard InChI is InChI=1S/C12H27N3O2/c1-4-17-11-9-15-12(13-2)14-8-6-5-7-10-16-3/h4-11H2,1-3H3,(H2,13,14,15). The van der Waals surface area contributed by atoms with E-state index in [9.17, 15) is 0 Å². The predicted molar refractivity (Wildman–Crippen MR) is 71.6 cm³/mol. The normalized spacial score (nSPS) is 11.6. The molecule has 0 saturated carbocycles. The Labute approximate surface area is 105 Å². The van der Waals surface area contributed by atoms with Crippen molar-refractivity contribution in [2.75, 3.05) is 47.1 Å². The van der Waals surface area contributed by atoms with E-state index in [1.165, 1.54) is 6.42 Å². The van der Waals surface area contributed by atoms with Crippen LogP contribution in [0.5, 0.6) is 0 Å². The number of methoxy groups -OCH3 is 1. The van der Waals surface area contributed by atoms with Crippen LogP contribution >= 0.6 is 0 Å². The molecule has 0 aliphatic carbocycles. The number of hydrogen-bond donors (Lipinski definition) is 2. The number of hydrogen-bond acceptors (Lipinski definition) is 3. The van der Waals surface area contributed by atoms with Gasteiger partial charge in [-0.15, -0.1) is 0 Å². The fourth-order valence-electron chi connectivity index (χ4n) is 1.36. The zero-order valence-corrected chi connectivity index (χ0v) is 11.4. The van der Waals surface area contributed by atoms with Crippen molar-refractivity contribution in [1.82, 2.24) is 10.6 Å². The topological polar surface area (TPSA) is 54.9 Å². The highest BCUT2D eigenvalue weighted by molar-refractivity contribution is 5.79. The number of nitrogens with one attached hydrogen (secondary N) is 2. The Bertz CT molecular complexity index is 187. The zero-order chi connectivity index (χ0) is 12.8. The maximum atomic E-state index is 5.24. The summed E-state index contributed by atoms with van der Waals surface area (Å²) in [6, 6.07) is 0. The van der Waals surface area contributed by atoms with E-state index >= 15 is 0 Å². The molecule has 17 heavy (non-hydrogen) atoms. The molecular formula is C12H27N3O2. The Hall–Kier alpha value is -0.810. The van der Waals surface area contributed by atoms with Gasteiger partial charge in [0.2, 0.25) is 0 Å². The van der Waals surface area contributed by atoms with E-state index in [-0.39, 0.29) is 0 Å². The van der Waals surface area contributed by atoms with Crippen LogP contribution in [0.25, 0.3) is 0 Å². The summed E-state index contributed by atoms with van der Waals surface area (Å²) in [4.78, 5) is 4.13. The van der Waals surface area contributed by atoms with Crippen LogP contribution in [0.15, 0.2) is 4.99 Å². The van der Waals surface area contributed by atoms with Crippen molar-refractivity contribution in [2.45, 2.75) is 26.2 Å². The number of nitrogens with zero attached hydrogens (tertiary/aromatic N) is 1. The fraction of sp³-hybridized carbons (Fsp3) is 0.917. The van der Waals surface area contributed by atoms with Crippen LogP contribution in [-0.2, 0) is 9.47 Å². The van der Waals surface area contributed by atoms with E-state index in [2.05, 4.69) is 15.6 Å². The molecule has 0 radical (unpaired) electrons. The first-order valence-corrected chi connectivity index (χ1v) is 6.36. The first-order valence-electron chi connectivity index (χ1n) is 6.36. The Morgan fingerprint density at radius 2 is 1.82 bits per heavy atom. The molecule has 5 heteroatoms. The fourth-order valence-corrected chi connectivity index (χ4v) is 1.36. The summed E-state index contributed by atoms with van der Waals surface area (Å²) in [7, 11) is 3.52. The van der Waals surface area contributed by atoms with E-state index in [1.54, 1.807) is 14.2 Å². The molecule has 0 aliphatic rings. The van der Waals surface area contributed by atoms with E-state index in [4.69, 9.17) is 9.47 Å². The van der Waals surface area contributed by atoms with Crippen molar-refractivity contribution in [2.24, 2.45) is 4.99 Å². The number of aliphatic imine (C=N–C) groups is 1. The van der Waals surface area contributed by atoms with E-state index in [0.717, 1.165) is 45.1 Å². The molecule has 0 aromatic rings. The SMILES string of the molecule is CCOCCNC(=NC)NCCCCCOC. The van der Waals surface area contributed by atoms with Crippen molar-refractivity contribution in [3.8, 4) is 0 Å². The Balaban J connectivity index is 3.36. The minimum Gasteiger partial charge on any atom is -0.385 e. The van der Waals surface area contributed by atoms with Crippen molar-refractivity contribution >= 4 is 5.96 Å². The number of rotatable bonds is 10. The molecule has 0 unspecified atom stereocenters. The average Bonchev–Trinajstić information content (AvgIpc) is 2.36. The van der Waals surface area contributed by atoms with Crippen molar-refractivity contribution in [1.29, 1.82) is 0 Å². The summed E-state index contributed by atoms with van der Waals surface area (Å²) >= 11 is 0. The second-order valence-corrected chi connectivity index (χ2v) is 3.68. The molecule has 0 aliphatic heterocycles. The molecule has 2 N–H and O–H groups in total. The zero-order valence-electron chi connectivity index (χ0n) is 11.4. The Kier molecular flexibility index (Phi) is 12.6. The third-order valence-corrected chi connectivity index (χ3v) is 2.28. The number of unbranched alkanes of at least 4 members (excludes halogenated alkanes) is 2. The molecule has 0 saturated heterocycles. The van der Waals surface area contributed by atoms with Crippen LogP contribution in [-0.4, -0.2) is 53.0 Å². The molecule has 0 amide bonds. The smallest absolute Gasteiger partial charge is 0.191 e. The van der Waals surface area contributed by atoms with Gasteiger partial charge in [0.15, 0.2) is 5.96 Å². The largest absolute Gasteiger partial charge is 0.385 e. The number of ether oxygens (including phenoxy) is 2. The second-order valence-electron chi connectivity index (χ2n) is 3.68. The minimum atomic E-state index is 0.713. The molecule has 0 spiro atoms. The van der Waals surface area contributed by atoms with Gasteiger partial charge in [-0.05, 0) is 26.2 Å². The van der Waals surface area contributed by atoms with Gasteiger partial charge in [0.05, 0.1) is 6.61 Å². The summed E-state index contributed by atoms with van der Waals surface area (Å²) in [5.41, 5.74) is 0. The highest BCUT2D eigenvalue weighted by Crippen LogP contribution is 1.93. The third kappa shape index (κ3) is 11.5. The van der Waals surface area contributed by atoms with Gasteiger partial charge in [-0.1, -0.05) is 0 Å². The quantitative estimate of drug-likeness (QED) is 0.342. The molecule has 0 heterocycles. The third-order valence-electron chi connectivity index (χ3n) is 2.28. The van der Waals surface area contributed by atoms with Crippen LogP contribution in [0, 0.1) is 0 Å². The van der Waals surface area contributed by atoms with Crippen molar-refractivity contribution in [3.05, 3.63) is 0 Å². The predicted octanol–water partition coefficient (Wildman–Crippen LogP) is 1.00. The Morgan fingerprint density at radius 1 is 1.06 bits per heavy atom. The molecule has 0 atom stereocenters. The van der Waals surface area contributed by atoms with Gasteiger partial charge in [0.1, 0.15) is 0 Å². The highest BCUT2D eigenvalue weighted by atomic mass is 16.5. The second kappa shape index (κ2) is 13.3. The maximum absolute atomic E-state index is 5.24. The van der Waals surface area contributed by atoms with Gasteiger partial charge in [-0.25, -0.2) is 0 Å². The van der Waals surface area contributed by atoms with Gasteiger partial charge in [0.25, 0.3) is 0 Å². The summed E-state index contributed by atoms with van der Waals surface area (Å²) in [6.45, 7) is 6.04. The van der Waals surface area contributed by atoms with Crippen LogP contribution in [0.3, 0.4) is 0 Å². The van der Waals surface area contributed by atoms with E-state index < -0.39 is 0 Å². The average molecular weight is 245 g/mol. The summed E-state index contributed by atoms with van der Waals surface area (Å²) in [5, 5.41) is 6.46. The lowest BCUT2D eigenvalue weighted by atomic mass is 10.2. The van der Waals surface area contributed by atoms with Gasteiger partial charge in [-0.3, -0.25) is 4.99 Å². The summed E-state index contributed by atoms with van der Waals surface area (Å²) in [6.07, 6.45) is 3.43. The molecule has 102 valence electrons. The van der Waals surface area contributed by atoms with Crippen LogP contribution < -0.4 is 10.6 Å². The highest BCUT2D eigenvalue weighted by Gasteiger charge is 1.96. The van der Waals surface area contributed by atoms with Gasteiger partial charge >= 0.3 is 0 Å². The van der Waals surface area contributed by atoms with E-state index in [0.29, 0.717) is 6.61 Å². The first-order chi connectivity index (χ1) is 8.35. The van der Waals surface area contributed by atoms with Gasteiger partial charge in [-0.2, -0.15) is 0 Å². The minimum absolute atomic E-state index is 0.713. The van der Waals surface area contributed by atoms with Crippen LogP contribution in [0.2, 0.25) is 0 Å². The lowest BCUT2D eigenvalue weighted by Crippen LogP contribution is -2.39. The molecule has 0 bridgehead atoms. The van der Waals surface area contributed by atoms with Crippen molar-refractivity contribution in [3.63, 3.8) is 0 Å². The van der Waals surface area contributed by atoms with Crippen molar-refractivity contribution < 1.29 is 9.47 Å². The van der Waals surface area contributed by atoms with Crippen LogP contribution in [0.1, 0.15) is 26.2 Å². The molecule has 0 aromatic carbocycles. The lowest BCUT2D eigenvalue weighted by molar-refractivity contribution is 0.152. The first kappa shape index (κ1) is 16.2. The monoisotopic (exact) mass is 245 g/mol. The summed E-state index contributed by atoms with van der Waals surface area (Å²) in [5.74, 6) is 0.844. The van der Waals surface area contributed by atoms with Gasteiger partial charge in [0, 0.05) is 40.5 Å². The maximum Gasteiger partial charge on any atom is 0.191 e. The molecule has 0 aromatic heterocycles. The molecular weight excluding hydrogens is 218 g/mol. The van der Waals surface area contributed by atoms with Gasteiger partial charge < -0.3 is 20.1 Å². The molecule has 0 rings (SSSR count). The molecule has 5 nitrogen and oxygen atoms in total. The molecule has 0 fully saturated rings. The lowest BCUT2D eigenvalue weighted by Gasteiger charge is -2.11. The summed E-state index contributed by atoms with van der Waals surface area (Å²) < 4.78 is 10.2. The Morgan fingerprint density at radius 3 is 2.47 bits per heavy atom. The van der Waals surface area contributed by atoms with Crippen LogP contribution in [0.4, 0.5) is 0 Å². The number of guanidine groups is 1. The van der Waals surface area contributed by atoms with E-state index in [1.807, 2.05) is 6.92 Å².